The van der Waals surface area contributed by atoms with Crippen LogP contribution in [0.15, 0.2) is 51.8 Å². The second-order valence-corrected chi connectivity index (χ2v) is 3.23. The maximum absolute atomic E-state index is 10.8. The molecule has 2 rings (SSSR count). The van der Waals surface area contributed by atoms with Gasteiger partial charge >= 0.3 is 5.97 Å². The summed E-state index contributed by atoms with van der Waals surface area (Å²) in [6.07, 6.45) is 0. The number of aliphatic carboxylic acids is 1. The highest BCUT2D eigenvalue weighted by molar-refractivity contribution is 5.88. The first kappa shape index (κ1) is 10.4. The van der Waals surface area contributed by atoms with E-state index >= 15 is 0 Å². The van der Waals surface area contributed by atoms with Gasteiger partial charge in [-0.15, -0.1) is 0 Å². The van der Waals surface area contributed by atoms with Gasteiger partial charge in [-0.2, -0.15) is 10.2 Å². The molecule has 0 atom stereocenters. The van der Waals surface area contributed by atoms with Crippen LogP contribution >= 0.6 is 0 Å². The first-order chi connectivity index (χ1) is 7.77. The van der Waals surface area contributed by atoms with Crippen LogP contribution in [-0.4, -0.2) is 24.2 Å². The molecule has 82 valence electrons. The lowest BCUT2D eigenvalue weighted by molar-refractivity contribution is -0.132. The van der Waals surface area contributed by atoms with Crippen LogP contribution in [0.3, 0.4) is 0 Å². The third-order valence-electron chi connectivity index (χ3n) is 2.15. The highest BCUT2D eigenvalue weighted by Gasteiger charge is 2.19. The molecular weight excluding hydrogens is 208 g/mol. The van der Waals surface area contributed by atoms with E-state index in [1.807, 2.05) is 18.2 Å². The Morgan fingerprint density at radius 1 is 1.38 bits per heavy atom. The predicted molar refractivity (Wildman–Crippen MR) is 56.3 cm³/mol. The molecule has 0 spiro atoms. The molecule has 1 aromatic carbocycles. The van der Waals surface area contributed by atoms with Crippen molar-refractivity contribution in [2.24, 2.45) is 10.2 Å². The van der Waals surface area contributed by atoms with Gasteiger partial charge in [0.25, 0.3) is 0 Å². The minimum Gasteiger partial charge on any atom is -0.487 e. The molecule has 0 aliphatic carbocycles. The summed E-state index contributed by atoms with van der Waals surface area (Å²) in [6.45, 7) is 0.262. The van der Waals surface area contributed by atoms with Crippen LogP contribution in [0.5, 0.6) is 5.75 Å². The van der Waals surface area contributed by atoms with Crippen LogP contribution in [0.1, 0.15) is 0 Å². The van der Waals surface area contributed by atoms with Gasteiger partial charge in [0.05, 0.1) is 12.1 Å². The lowest BCUT2D eigenvalue weighted by Gasteiger charge is -2.04. The number of ether oxygens (including phenoxy) is 1. The molecule has 0 saturated heterocycles. The third kappa shape index (κ3) is 2.25. The Morgan fingerprint density at radius 3 is 2.81 bits per heavy atom. The number of hydrogen-bond donors (Lipinski definition) is 1. The molecule has 1 aromatic rings. The quantitative estimate of drug-likeness (QED) is 0.838. The summed E-state index contributed by atoms with van der Waals surface area (Å²) in [4.78, 5) is 10.8. The molecule has 1 heterocycles. The van der Waals surface area contributed by atoms with Crippen LogP contribution in [-0.2, 0) is 4.79 Å². The van der Waals surface area contributed by atoms with E-state index in [1.165, 1.54) is 0 Å². The normalized spacial score (nSPS) is 14.2. The van der Waals surface area contributed by atoms with Crippen molar-refractivity contribution in [3.05, 3.63) is 41.6 Å². The molecule has 0 saturated carbocycles. The fourth-order valence-electron chi connectivity index (χ4n) is 1.32. The van der Waals surface area contributed by atoms with E-state index in [0.29, 0.717) is 11.4 Å². The molecule has 16 heavy (non-hydrogen) atoms. The van der Waals surface area contributed by atoms with Gasteiger partial charge in [0, 0.05) is 0 Å². The van der Waals surface area contributed by atoms with Gasteiger partial charge < -0.3 is 9.84 Å². The minimum absolute atomic E-state index is 0.128. The van der Waals surface area contributed by atoms with Crippen molar-refractivity contribution in [2.45, 2.75) is 0 Å². The smallest absolute Gasteiger partial charge is 0.335 e. The maximum atomic E-state index is 10.8. The van der Waals surface area contributed by atoms with E-state index in [2.05, 4.69) is 10.2 Å². The molecular formula is C11H10N2O3. The van der Waals surface area contributed by atoms with Crippen molar-refractivity contribution < 1.29 is 14.6 Å². The third-order valence-corrected chi connectivity index (χ3v) is 2.15. The Balaban J connectivity index is 2.03. The number of carboxylic acids is 1. The summed E-state index contributed by atoms with van der Waals surface area (Å²) in [6, 6.07) is 9.17. The van der Waals surface area contributed by atoms with E-state index < -0.39 is 5.97 Å². The van der Waals surface area contributed by atoms with Gasteiger partial charge in [-0.1, -0.05) is 18.2 Å². The zero-order valence-corrected chi connectivity index (χ0v) is 8.46. The van der Waals surface area contributed by atoms with E-state index in [0.717, 1.165) is 0 Å². The molecule has 5 heteroatoms. The Kier molecular flexibility index (Phi) is 2.95. The monoisotopic (exact) mass is 218 g/mol. The summed E-state index contributed by atoms with van der Waals surface area (Å²) in [5, 5.41) is 16.3. The van der Waals surface area contributed by atoms with Gasteiger partial charge in [0.15, 0.2) is 0 Å². The van der Waals surface area contributed by atoms with Crippen molar-refractivity contribution in [3.63, 3.8) is 0 Å². The zero-order chi connectivity index (χ0) is 11.4. The standard InChI is InChI=1S/C11H10N2O3/c14-11(15)9-6-12-13-10(9)7-16-8-4-2-1-3-5-8/h1-5H,6-7H2,(H,14,15). The molecule has 1 aliphatic rings. The van der Waals surface area contributed by atoms with Gasteiger partial charge in [0.2, 0.25) is 0 Å². The van der Waals surface area contributed by atoms with Crippen molar-refractivity contribution >= 4 is 5.97 Å². The van der Waals surface area contributed by atoms with E-state index in [4.69, 9.17) is 9.84 Å². The van der Waals surface area contributed by atoms with Crippen LogP contribution < -0.4 is 4.74 Å². The Morgan fingerprint density at radius 2 is 2.12 bits per heavy atom. The molecule has 0 bridgehead atoms. The highest BCUT2D eigenvalue weighted by atomic mass is 16.5. The first-order valence-corrected chi connectivity index (χ1v) is 4.78. The van der Waals surface area contributed by atoms with Crippen molar-refractivity contribution in [1.82, 2.24) is 0 Å². The molecule has 1 N–H and O–H groups in total. The fraction of sp³-hybridized carbons (Fsp3) is 0.182. The summed E-state index contributed by atoms with van der Waals surface area (Å²) >= 11 is 0. The van der Waals surface area contributed by atoms with Gasteiger partial charge in [0.1, 0.15) is 18.1 Å². The second kappa shape index (κ2) is 4.57. The largest absolute Gasteiger partial charge is 0.487 e. The van der Waals surface area contributed by atoms with Crippen molar-refractivity contribution in [1.29, 1.82) is 0 Å². The molecule has 0 radical (unpaired) electrons. The number of benzene rings is 1. The molecule has 0 fully saturated rings. The first-order valence-electron chi connectivity index (χ1n) is 4.78. The number of carbonyl (C=O) groups is 1. The number of para-hydroxylation sites is 1. The van der Waals surface area contributed by atoms with Crippen molar-refractivity contribution in [3.8, 4) is 5.75 Å². The minimum atomic E-state index is -0.989. The van der Waals surface area contributed by atoms with E-state index in [9.17, 15) is 4.79 Å². The molecule has 1 aliphatic heterocycles. The predicted octanol–water partition coefficient (Wildman–Crippen LogP) is 1.87. The van der Waals surface area contributed by atoms with Gasteiger partial charge in [-0.25, -0.2) is 4.79 Å². The highest BCUT2D eigenvalue weighted by Crippen LogP contribution is 2.17. The van der Waals surface area contributed by atoms with Gasteiger partial charge in [-0.05, 0) is 12.1 Å². The number of hydrogen-bond acceptors (Lipinski definition) is 4. The Bertz CT molecular complexity index is 452. The summed E-state index contributed by atoms with van der Waals surface area (Å²) < 4.78 is 5.40. The summed E-state index contributed by atoms with van der Waals surface area (Å²) in [5.74, 6) is -0.307. The van der Waals surface area contributed by atoms with Crippen LogP contribution in [0, 0.1) is 0 Å². The zero-order valence-electron chi connectivity index (χ0n) is 8.46. The number of carboxylic acid groups (broad SMARTS) is 1. The topological polar surface area (TPSA) is 71.2 Å². The number of nitrogens with zero attached hydrogens (tertiary/aromatic N) is 2. The SMILES string of the molecule is O=C(O)C1=C(COc2ccccc2)N=NC1. The summed E-state index contributed by atoms with van der Waals surface area (Å²) in [7, 11) is 0. The molecule has 0 unspecified atom stereocenters. The van der Waals surface area contributed by atoms with E-state index in [1.54, 1.807) is 12.1 Å². The van der Waals surface area contributed by atoms with Gasteiger partial charge in [-0.3, -0.25) is 0 Å². The molecule has 0 aromatic heterocycles. The van der Waals surface area contributed by atoms with Crippen LogP contribution in [0.25, 0.3) is 0 Å². The number of rotatable bonds is 4. The molecule has 0 amide bonds. The molecule has 5 nitrogen and oxygen atoms in total. The Hall–Kier alpha value is -2.17. The van der Waals surface area contributed by atoms with E-state index in [-0.39, 0.29) is 18.7 Å². The van der Waals surface area contributed by atoms with Crippen LogP contribution in [0.4, 0.5) is 0 Å². The maximum Gasteiger partial charge on any atom is 0.335 e. The average Bonchev–Trinajstić information content (AvgIpc) is 2.76. The lowest BCUT2D eigenvalue weighted by atomic mass is 10.2. The lowest BCUT2D eigenvalue weighted by Crippen LogP contribution is -2.08. The summed E-state index contributed by atoms with van der Waals surface area (Å²) in [5.41, 5.74) is 0.590. The van der Waals surface area contributed by atoms with Crippen LogP contribution in [0.2, 0.25) is 0 Å². The van der Waals surface area contributed by atoms with Crippen molar-refractivity contribution in [2.75, 3.05) is 13.2 Å². The average molecular weight is 218 g/mol. The number of azo groups is 1. The second-order valence-electron chi connectivity index (χ2n) is 3.23. The fourth-order valence-corrected chi connectivity index (χ4v) is 1.32. The Labute approximate surface area is 92.1 Å².